The minimum Gasteiger partial charge on any atom is -0.483 e. The van der Waals surface area contributed by atoms with Crippen LogP contribution in [-0.4, -0.2) is 13.0 Å². The number of nitriles is 1. The number of benzene rings is 3. The van der Waals surface area contributed by atoms with Crippen molar-refractivity contribution in [2.45, 2.75) is 19.8 Å². The Morgan fingerprint density at radius 1 is 1.17 bits per heavy atom. The van der Waals surface area contributed by atoms with Crippen molar-refractivity contribution in [2.75, 3.05) is 6.61 Å². The molecule has 1 aliphatic rings. The molecule has 1 heterocycles. The molecule has 0 radical (unpaired) electrons. The summed E-state index contributed by atoms with van der Waals surface area (Å²) in [6, 6.07) is 20.7. The summed E-state index contributed by atoms with van der Waals surface area (Å²) in [5, 5.41) is 12.2. The second-order valence-electron chi connectivity index (χ2n) is 6.81. The standard InChI is InChI=1S/C24H19BrN2O2/c1-3-28-14-27-24-20(13-26)22(16-6-4-15(2)5-7-16)23-19-10-9-18(25)12-17(19)8-11-21(23)29-24/h4-12,14,22H,3H2,1-2H3/b27-14+. The van der Waals surface area contributed by atoms with Gasteiger partial charge in [-0.25, -0.2) is 0 Å². The van der Waals surface area contributed by atoms with Crippen LogP contribution in [0.25, 0.3) is 10.8 Å². The predicted octanol–water partition coefficient (Wildman–Crippen LogP) is 6.24. The third kappa shape index (κ3) is 3.64. The molecule has 0 aromatic heterocycles. The van der Waals surface area contributed by atoms with E-state index in [-0.39, 0.29) is 11.8 Å². The van der Waals surface area contributed by atoms with E-state index in [2.05, 4.69) is 63.4 Å². The fourth-order valence-electron chi connectivity index (χ4n) is 3.58. The van der Waals surface area contributed by atoms with Crippen LogP contribution >= 0.6 is 15.9 Å². The van der Waals surface area contributed by atoms with Crippen LogP contribution in [0.5, 0.6) is 5.75 Å². The summed E-state index contributed by atoms with van der Waals surface area (Å²) in [5.41, 5.74) is 3.63. The van der Waals surface area contributed by atoms with Crippen molar-refractivity contribution >= 4 is 33.1 Å². The zero-order valence-corrected chi connectivity index (χ0v) is 17.7. The molecule has 0 N–H and O–H groups in total. The molecule has 29 heavy (non-hydrogen) atoms. The third-order valence-electron chi connectivity index (χ3n) is 4.94. The maximum absolute atomic E-state index is 10.0. The maximum Gasteiger partial charge on any atom is 0.236 e. The lowest BCUT2D eigenvalue weighted by atomic mass is 9.81. The van der Waals surface area contributed by atoms with Crippen LogP contribution in [0.15, 0.2) is 75.5 Å². The lowest BCUT2D eigenvalue weighted by Gasteiger charge is -2.28. The van der Waals surface area contributed by atoms with Gasteiger partial charge in [0, 0.05) is 10.0 Å². The summed E-state index contributed by atoms with van der Waals surface area (Å²) >= 11 is 3.54. The molecule has 4 rings (SSSR count). The quantitative estimate of drug-likeness (QED) is 0.352. The number of aliphatic imine (C=N–C) groups is 1. The molecular formula is C24H19BrN2O2. The second-order valence-corrected chi connectivity index (χ2v) is 7.72. The Bertz CT molecular complexity index is 1170. The molecule has 3 aromatic rings. The lowest BCUT2D eigenvalue weighted by molar-refractivity contribution is 0.336. The zero-order valence-electron chi connectivity index (χ0n) is 16.1. The summed E-state index contributed by atoms with van der Waals surface area (Å²) in [6.07, 6.45) is 1.34. The van der Waals surface area contributed by atoms with Crippen molar-refractivity contribution in [3.63, 3.8) is 0 Å². The smallest absolute Gasteiger partial charge is 0.236 e. The number of rotatable bonds is 4. The van der Waals surface area contributed by atoms with E-state index in [0.29, 0.717) is 17.9 Å². The molecule has 0 fully saturated rings. The van der Waals surface area contributed by atoms with Crippen LogP contribution < -0.4 is 4.74 Å². The highest BCUT2D eigenvalue weighted by molar-refractivity contribution is 9.10. The van der Waals surface area contributed by atoms with Crippen molar-refractivity contribution in [3.8, 4) is 11.8 Å². The molecule has 1 atom stereocenters. The molecule has 0 amide bonds. The van der Waals surface area contributed by atoms with Gasteiger partial charge in [0.25, 0.3) is 0 Å². The Morgan fingerprint density at radius 2 is 1.97 bits per heavy atom. The fourth-order valence-corrected chi connectivity index (χ4v) is 3.96. The van der Waals surface area contributed by atoms with Gasteiger partial charge in [-0.05, 0) is 48.4 Å². The zero-order chi connectivity index (χ0) is 20.4. The molecular weight excluding hydrogens is 428 g/mol. The van der Waals surface area contributed by atoms with Crippen LogP contribution in [0.1, 0.15) is 29.5 Å². The molecule has 144 valence electrons. The molecule has 4 nitrogen and oxygen atoms in total. The number of hydrogen-bond acceptors (Lipinski definition) is 4. The monoisotopic (exact) mass is 446 g/mol. The first kappa shape index (κ1) is 19.2. The van der Waals surface area contributed by atoms with E-state index in [0.717, 1.165) is 26.4 Å². The van der Waals surface area contributed by atoms with E-state index in [1.807, 2.05) is 32.0 Å². The molecule has 0 saturated heterocycles. The first-order valence-corrected chi connectivity index (χ1v) is 10.2. The van der Waals surface area contributed by atoms with Crippen LogP contribution in [0, 0.1) is 18.3 Å². The van der Waals surface area contributed by atoms with Crippen molar-refractivity contribution in [2.24, 2.45) is 4.99 Å². The van der Waals surface area contributed by atoms with E-state index in [1.54, 1.807) is 0 Å². The number of halogens is 1. The molecule has 3 aromatic carbocycles. The molecule has 0 bridgehead atoms. The summed E-state index contributed by atoms with van der Waals surface area (Å²) in [4.78, 5) is 4.29. The minimum absolute atomic E-state index is 0.274. The van der Waals surface area contributed by atoms with Gasteiger partial charge in [0.2, 0.25) is 5.88 Å². The Labute approximate surface area is 178 Å². The highest BCUT2D eigenvalue weighted by atomic mass is 79.9. The molecule has 0 saturated carbocycles. The van der Waals surface area contributed by atoms with Crippen LogP contribution in [-0.2, 0) is 4.74 Å². The van der Waals surface area contributed by atoms with E-state index >= 15 is 0 Å². The summed E-state index contributed by atoms with van der Waals surface area (Å²) in [6.45, 7) is 4.42. The number of ether oxygens (including phenoxy) is 2. The first-order valence-electron chi connectivity index (χ1n) is 9.37. The van der Waals surface area contributed by atoms with Crippen LogP contribution in [0.4, 0.5) is 0 Å². The van der Waals surface area contributed by atoms with Gasteiger partial charge in [-0.15, -0.1) is 0 Å². The second kappa shape index (κ2) is 8.10. The Kier molecular flexibility index (Phi) is 5.37. The predicted molar refractivity (Wildman–Crippen MR) is 118 cm³/mol. The average molecular weight is 447 g/mol. The maximum atomic E-state index is 10.0. The Hall–Kier alpha value is -3.10. The van der Waals surface area contributed by atoms with Gasteiger partial charge in [-0.3, -0.25) is 0 Å². The normalized spacial score (nSPS) is 15.9. The Balaban J connectivity index is 1.99. The van der Waals surface area contributed by atoms with Crippen molar-refractivity contribution in [3.05, 3.63) is 87.2 Å². The van der Waals surface area contributed by atoms with Crippen molar-refractivity contribution in [1.82, 2.24) is 0 Å². The van der Waals surface area contributed by atoms with Crippen molar-refractivity contribution in [1.29, 1.82) is 5.26 Å². The highest BCUT2D eigenvalue weighted by Gasteiger charge is 2.33. The van der Waals surface area contributed by atoms with Gasteiger partial charge in [0.05, 0.1) is 12.5 Å². The van der Waals surface area contributed by atoms with E-state index < -0.39 is 0 Å². The van der Waals surface area contributed by atoms with Crippen molar-refractivity contribution < 1.29 is 9.47 Å². The molecule has 0 aliphatic carbocycles. The first-order chi connectivity index (χ1) is 14.1. The van der Waals surface area contributed by atoms with Gasteiger partial charge in [-0.2, -0.15) is 10.3 Å². The molecule has 1 aliphatic heterocycles. The molecule has 5 heteroatoms. The summed E-state index contributed by atoms with van der Waals surface area (Å²) in [7, 11) is 0. The number of nitrogens with zero attached hydrogens (tertiary/aromatic N) is 2. The SMILES string of the molecule is CCO/C=N/C1=C(C#N)C(c2ccc(C)cc2)c2c(ccc3cc(Br)ccc23)O1. The van der Waals surface area contributed by atoms with Gasteiger partial charge in [-0.1, -0.05) is 57.9 Å². The number of hydrogen-bond donors (Lipinski definition) is 0. The minimum atomic E-state index is -0.275. The van der Waals surface area contributed by atoms with Gasteiger partial charge < -0.3 is 9.47 Å². The largest absolute Gasteiger partial charge is 0.483 e. The van der Waals surface area contributed by atoms with E-state index in [4.69, 9.17) is 9.47 Å². The molecule has 1 unspecified atom stereocenters. The van der Waals surface area contributed by atoms with Gasteiger partial charge >= 0.3 is 0 Å². The van der Waals surface area contributed by atoms with E-state index in [9.17, 15) is 5.26 Å². The topological polar surface area (TPSA) is 54.6 Å². The van der Waals surface area contributed by atoms with Crippen LogP contribution in [0.3, 0.4) is 0 Å². The average Bonchev–Trinajstić information content (AvgIpc) is 2.73. The lowest BCUT2D eigenvalue weighted by Crippen LogP contribution is -2.16. The number of aryl methyl sites for hydroxylation is 1. The van der Waals surface area contributed by atoms with Gasteiger partial charge in [0.1, 0.15) is 17.4 Å². The van der Waals surface area contributed by atoms with E-state index in [1.165, 1.54) is 12.0 Å². The van der Waals surface area contributed by atoms with Gasteiger partial charge in [0.15, 0.2) is 6.40 Å². The fraction of sp³-hybridized carbons (Fsp3) is 0.167. The summed E-state index contributed by atoms with van der Waals surface area (Å²) in [5.74, 6) is 0.700. The number of fused-ring (bicyclic) bond motifs is 3. The molecule has 0 spiro atoms. The van der Waals surface area contributed by atoms with Crippen LogP contribution in [0.2, 0.25) is 0 Å². The number of allylic oxidation sites excluding steroid dienone is 1. The summed E-state index contributed by atoms with van der Waals surface area (Å²) < 4.78 is 12.3. The third-order valence-corrected chi connectivity index (χ3v) is 5.43. The highest BCUT2D eigenvalue weighted by Crippen LogP contribution is 2.46. The Morgan fingerprint density at radius 3 is 2.69 bits per heavy atom.